The van der Waals surface area contributed by atoms with Crippen LogP contribution in [0.4, 0.5) is 5.69 Å². The molecule has 0 saturated carbocycles. The van der Waals surface area contributed by atoms with E-state index in [2.05, 4.69) is 5.32 Å². The van der Waals surface area contributed by atoms with E-state index in [0.717, 1.165) is 5.69 Å². The van der Waals surface area contributed by atoms with Gasteiger partial charge >= 0.3 is 0 Å². The molecular weight excluding hydrogens is 264 g/mol. The van der Waals surface area contributed by atoms with Crippen molar-refractivity contribution in [2.45, 2.75) is 12.1 Å². The molecule has 0 spiro atoms. The summed E-state index contributed by atoms with van der Waals surface area (Å²) in [5, 5.41) is 3.03. The molecule has 2 atom stereocenters. The molecule has 1 saturated heterocycles. The fourth-order valence-electron chi connectivity index (χ4n) is 2.27. The van der Waals surface area contributed by atoms with E-state index in [-0.39, 0.29) is 23.7 Å². The topological polar surface area (TPSA) is 58.6 Å². The number of likely N-dealkylation sites (N-methyl/N-ethyl adjacent to an activating group) is 1. The van der Waals surface area contributed by atoms with E-state index in [1.165, 1.54) is 0 Å². The zero-order valence-electron chi connectivity index (χ0n) is 11.5. The standard InChI is InChI=1S/C13H20N2O3S/c1-14-10-4-6-11(7-5-10)18-13-9-19(16,17)8-12(13)15(2)3/h4-7,12-14H,8-9H2,1-3H3. The Labute approximate surface area is 114 Å². The highest BCUT2D eigenvalue weighted by atomic mass is 32.2. The summed E-state index contributed by atoms with van der Waals surface area (Å²) in [5.74, 6) is 0.955. The summed E-state index contributed by atoms with van der Waals surface area (Å²) in [5.41, 5.74) is 0.996. The van der Waals surface area contributed by atoms with Gasteiger partial charge in [-0.15, -0.1) is 0 Å². The third-order valence-electron chi connectivity index (χ3n) is 3.37. The van der Waals surface area contributed by atoms with Crippen molar-refractivity contribution in [3.8, 4) is 5.75 Å². The van der Waals surface area contributed by atoms with Crippen LogP contribution in [0.1, 0.15) is 0 Å². The van der Waals surface area contributed by atoms with Gasteiger partial charge in [-0.25, -0.2) is 8.42 Å². The van der Waals surface area contributed by atoms with Crippen LogP contribution in [0.25, 0.3) is 0 Å². The van der Waals surface area contributed by atoms with Gasteiger partial charge < -0.3 is 15.0 Å². The minimum absolute atomic E-state index is 0.0869. The van der Waals surface area contributed by atoms with Crippen molar-refractivity contribution in [1.82, 2.24) is 4.90 Å². The third kappa shape index (κ3) is 3.39. The first-order valence-electron chi connectivity index (χ1n) is 6.22. The predicted octanol–water partition coefficient (Wildman–Crippen LogP) is 0.834. The Morgan fingerprint density at radius 1 is 1.21 bits per heavy atom. The number of nitrogens with one attached hydrogen (secondary N) is 1. The number of ether oxygens (including phenoxy) is 1. The lowest BCUT2D eigenvalue weighted by Gasteiger charge is -2.25. The minimum atomic E-state index is -3.00. The Hall–Kier alpha value is -1.27. The van der Waals surface area contributed by atoms with E-state index in [1.807, 2.05) is 50.3 Å². The van der Waals surface area contributed by atoms with Crippen molar-refractivity contribution in [2.75, 3.05) is 38.0 Å². The fourth-order valence-corrected chi connectivity index (χ4v) is 4.23. The van der Waals surface area contributed by atoms with E-state index < -0.39 is 9.84 Å². The highest BCUT2D eigenvalue weighted by Crippen LogP contribution is 2.23. The van der Waals surface area contributed by atoms with Gasteiger partial charge in [0.15, 0.2) is 9.84 Å². The first-order valence-corrected chi connectivity index (χ1v) is 8.05. The molecule has 1 aliphatic heterocycles. The third-order valence-corrected chi connectivity index (χ3v) is 5.05. The Kier molecular flexibility index (Phi) is 4.01. The van der Waals surface area contributed by atoms with E-state index in [4.69, 9.17) is 4.74 Å². The summed E-state index contributed by atoms with van der Waals surface area (Å²) in [6, 6.07) is 7.42. The minimum Gasteiger partial charge on any atom is -0.488 e. The van der Waals surface area contributed by atoms with E-state index in [0.29, 0.717) is 5.75 Å². The highest BCUT2D eigenvalue weighted by molar-refractivity contribution is 7.91. The van der Waals surface area contributed by atoms with Crippen molar-refractivity contribution in [3.63, 3.8) is 0 Å². The van der Waals surface area contributed by atoms with Crippen LogP contribution in [0.15, 0.2) is 24.3 Å². The Morgan fingerprint density at radius 3 is 2.37 bits per heavy atom. The van der Waals surface area contributed by atoms with Crippen LogP contribution in [0.5, 0.6) is 5.75 Å². The molecule has 1 heterocycles. The zero-order chi connectivity index (χ0) is 14.0. The Balaban J connectivity index is 2.12. The van der Waals surface area contributed by atoms with E-state index >= 15 is 0 Å². The lowest BCUT2D eigenvalue weighted by atomic mass is 10.2. The second-order valence-electron chi connectivity index (χ2n) is 5.04. The number of benzene rings is 1. The molecule has 106 valence electrons. The monoisotopic (exact) mass is 284 g/mol. The molecule has 1 aromatic carbocycles. The van der Waals surface area contributed by atoms with Crippen LogP contribution in [-0.4, -0.2) is 58.1 Å². The average molecular weight is 284 g/mol. The van der Waals surface area contributed by atoms with Gasteiger partial charge in [-0.05, 0) is 38.4 Å². The highest BCUT2D eigenvalue weighted by Gasteiger charge is 2.40. The smallest absolute Gasteiger partial charge is 0.155 e. The lowest BCUT2D eigenvalue weighted by Crippen LogP contribution is -2.41. The van der Waals surface area contributed by atoms with Crippen molar-refractivity contribution >= 4 is 15.5 Å². The molecule has 2 unspecified atom stereocenters. The van der Waals surface area contributed by atoms with Crippen molar-refractivity contribution in [1.29, 1.82) is 0 Å². The first kappa shape index (κ1) is 14.1. The van der Waals surface area contributed by atoms with E-state index in [9.17, 15) is 8.42 Å². The normalized spacial score (nSPS) is 25.5. The van der Waals surface area contributed by atoms with Gasteiger partial charge in [0.1, 0.15) is 11.9 Å². The quantitative estimate of drug-likeness (QED) is 0.887. The molecule has 0 aliphatic carbocycles. The van der Waals surface area contributed by atoms with Gasteiger partial charge in [0, 0.05) is 12.7 Å². The van der Waals surface area contributed by atoms with Crippen LogP contribution in [-0.2, 0) is 9.84 Å². The summed E-state index contributed by atoms with van der Waals surface area (Å²) < 4.78 is 29.3. The van der Waals surface area contributed by atoms with Gasteiger partial charge in [-0.3, -0.25) is 0 Å². The molecule has 0 aromatic heterocycles. The molecule has 6 heteroatoms. The second-order valence-corrected chi connectivity index (χ2v) is 7.19. The van der Waals surface area contributed by atoms with Gasteiger partial charge in [-0.1, -0.05) is 0 Å². The summed E-state index contributed by atoms with van der Waals surface area (Å²) in [6.07, 6.45) is -0.305. The largest absolute Gasteiger partial charge is 0.488 e. The summed E-state index contributed by atoms with van der Waals surface area (Å²) in [4.78, 5) is 1.91. The van der Waals surface area contributed by atoms with Crippen molar-refractivity contribution < 1.29 is 13.2 Å². The second kappa shape index (κ2) is 5.38. The Morgan fingerprint density at radius 2 is 1.84 bits per heavy atom. The maximum Gasteiger partial charge on any atom is 0.155 e. The number of hydrogen-bond acceptors (Lipinski definition) is 5. The number of rotatable bonds is 4. The summed E-state index contributed by atoms with van der Waals surface area (Å²) in [6.45, 7) is 0. The summed E-state index contributed by atoms with van der Waals surface area (Å²) in [7, 11) is 2.61. The molecule has 2 rings (SSSR count). The van der Waals surface area contributed by atoms with Gasteiger partial charge in [0.2, 0.25) is 0 Å². The molecule has 0 radical (unpaired) electrons. The van der Waals surface area contributed by atoms with Crippen LogP contribution >= 0.6 is 0 Å². The van der Waals surface area contributed by atoms with Gasteiger partial charge in [0.25, 0.3) is 0 Å². The molecule has 19 heavy (non-hydrogen) atoms. The molecule has 1 aliphatic rings. The van der Waals surface area contributed by atoms with Crippen LogP contribution in [0.2, 0.25) is 0 Å². The molecule has 1 N–H and O–H groups in total. The zero-order valence-corrected chi connectivity index (χ0v) is 12.3. The van der Waals surface area contributed by atoms with Crippen molar-refractivity contribution in [3.05, 3.63) is 24.3 Å². The van der Waals surface area contributed by atoms with Crippen LogP contribution in [0.3, 0.4) is 0 Å². The van der Waals surface area contributed by atoms with Crippen LogP contribution < -0.4 is 10.1 Å². The predicted molar refractivity (Wildman–Crippen MR) is 76.5 cm³/mol. The first-order chi connectivity index (χ1) is 8.91. The molecule has 0 amide bonds. The van der Waals surface area contributed by atoms with Crippen molar-refractivity contribution in [2.24, 2.45) is 0 Å². The number of sulfone groups is 1. The SMILES string of the molecule is CNc1ccc(OC2CS(=O)(=O)CC2N(C)C)cc1. The number of hydrogen-bond donors (Lipinski definition) is 1. The van der Waals surface area contributed by atoms with Gasteiger partial charge in [-0.2, -0.15) is 0 Å². The number of anilines is 1. The fraction of sp³-hybridized carbons (Fsp3) is 0.538. The van der Waals surface area contributed by atoms with Gasteiger partial charge in [0.05, 0.1) is 17.5 Å². The van der Waals surface area contributed by atoms with E-state index in [1.54, 1.807) is 0 Å². The maximum absolute atomic E-state index is 11.7. The summed E-state index contributed by atoms with van der Waals surface area (Å²) >= 11 is 0. The molecular formula is C13H20N2O3S. The Bertz CT molecular complexity index is 525. The average Bonchev–Trinajstić information content (AvgIpc) is 2.65. The molecule has 1 fully saturated rings. The van der Waals surface area contributed by atoms with Crippen LogP contribution in [0, 0.1) is 0 Å². The molecule has 0 bridgehead atoms. The maximum atomic E-state index is 11.7. The number of nitrogens with zero attached hydrogens (tertiary/aromatic N) is 1. The lowest BCUT2D eigenvalue weighted by molar-refractivity contribution is 0.135. The molecule has 5 nitrogen and oxygen atoms in total. The molecule has 1 aromatic rings.